The maximum Gasteiger partial charge on any atom is 0.261 e. The van der Waals surface area contributed by atoms with Crippen LogP contribution in [-0.4, -0.2) is 53.4 Å². The fourth-order valence-corrected chi connectivity index (χ4v) is 0.864. The van der Waals surface area contributed by atoms with Gasteiger partial charge in [0.2, 0.25) is 0 Å². The van der Waals surface area contributed by atoms with E-state index in [0.29, 0.717) is 24.1 Å². The van der Waals surface area contributed by atoms with Gasteiger partial charge in [-0.05, 0) is 12.1 Å². The molecule has 114 valence electrons. The second kappa shape index (κ2) is 7.14. The van der Waals surface area contributed by atoms with Crippen LogP contribution in [0.25, 0.3) is 11.2 Å². The summed E-state index contributed by atoms with van der Waals surface area (Å²) in [5, 5.41) is 0. The van der Waals surface area contributed by atoms with Crippen LogP contribution in [0.5, 0.6) is 0 Å². The Balaban J connectivity index is 0.000000310. The summed E-state index contributed by atoms with van der Waals surface area (Å²) < 4.78 is 51.7. The van der Waals surface area contributed by atoms with Crippen LogP contribution in [0, 0.1) is 0 Å². The lowest BCUT2D eigenvalue weighted by molar-refractivity contribution is 0.488. The van der Waals surface area contributed by atoms with Crippen LogP contribution in [0.1, 0.15) is 0 Å². The van der Waals surface area contributed by atoms with Gasteiger partial charge in [-0.2, -0.15) is 21.8 Å². The van der Waals surface area contributed by atoms with Gasteiger partial charge < -0.3 is 10.7 Å². The number of nitrogens with zero attached hydrogens (tertiary/aromatic N) is 2. The van der Waals surface area contributed by atoms with Crippen LogP contribution in [0.2, 0.25) is 0 Å². The van der Waals surface area contributed by atoms with Crippen LogP contribution in [0.4, 0.5) is 5.95 Å². The molecule has 0 amide bonds. The predicted octanol–water partition coefficient (Wildman–Crippen LogP) is -0.452. The molecule has 2 heterocycles. The highest BCUT2D eigenvalue weighted by Gasteiger charge is 1.96. The summed E-state index contributed by atoms with van der Waals surface area (Å²) in [6.07, 6.45) is 3.11. The molecule has 0 spiro atoms. The maximum absolute atomic E-state index is 9.19. The van der Waals surface area contributed by atoms with Crippen molar-refractivity contribution in [2.45, 2.75) is 0 Å². The van der Waals surface area contributed by atoms with Crippen molar-refractivity contribution in [1.82, 2.24) is 15.0 Å². The minimum atomic E-state index is -3.67. The molecule has 20 heavy (non-hydrogen) atoms. The van der Waals surface area contributed by atoms with E-state index in [1.54, 1.807) is 6.20 Å². The number of nitrogens with two attached hydrogens (primary N) is 1. The second-order valence-electron chi connectivity index (χ2n) is 3.46. The fourth-order valence-electron chi connectivity index (χ4n) is 0.864. The number of hydrogen-bond acceptors (Lipinski definition) is 7. The first-order valence-corrected chi connectivity index (χ1v) is 8.47. The molecule has 0 aliphatic carbocycles. The molecule has 10 nitrogen and oxygen atoms in total. The lowest BCUT2D eigenvalue weighted by atomic mass is 10.4. The van der Waals surface area contributed by atoms with E-state index in [4.69, 9.17) is 14.8 Å². The zero-order valence-electron chi connectivity index (χ0n) is 10.5. The number of H-pyrrole nitrogens is 1. The number of nitrogens with one attached hydrogen (secondary N) is 1. The first-order chi connectivity index (χ1) is 8.86. The number of fused-ring (bicyclic) bond motifs is 1. The van der Waals surface area contributed by atoms with Gasteiger partial charge in [0.05, 0.1) is 18.0 Å². The number of pyridine rings is 1. The van der Waals surface area contributed by atoms with Crippen molar-refractivity contribution in [3.8, 4) is 0 Å². The molecule has 0 saturated carbocycles. The molecule has 0 atom stereocenters. The van der Waals surface area contributed by atoms with Crippen LogP contribution < -0.4 is 5.73 Å². The summed E-state index contributed by atoms with van der Waals surface area (Å²) in [5.41, 5.74) is 6.93. The van der Waals surface area contributed by atoms with E-state index in [1.165, 1.54) is 0 Å². The highest BCUT2D eigenvalue weighted by atomic mass is 32.2. The molecule has 12 heteroatoms. The zero-order chi connectivity index (χ0) is 16.0. The Hall–Kier alpha value is -1.76. The lowest BCUT2D eigenvalue weighted by Crippen LogP contribution is -1.88. The SMILES string of the molecule is CS(=O)(=O)O.CS(=O)(=O)O.Nc1nc2ncccc2[nH]1. The van der Waals surface area contributed by atoms with Gasteiger partial charge in [0.15, 0.2) is 11.6 Å². The van der Waals surface area contributed by atoms with Crippen molar-refractivity contribution in [3.05, 3.63) is 18.3 Å². The first-order valence-electron chi connectivity index (χ1n) is 4.77. The fraction of sp³-hybridized carbons (Fsp3) is 0.250. The topological polar surface area (TPSA) is 176 Å². The summed E-state index contributed by atoms with van der Waals surface area (Å²) in [4.78, 5) is 10.8. The molecule has 0 radical (unpaired) electrons. The molecule has 0 aliphatic rings. The summed E-state index contributed by atoms with van der Waals surface area (Å²) in [6, 6.07) is 3.71. The van der Waals surface area contributed by atoms with E-state index in [-0.39, 0.29) is 0 Å². The third kappa shape index (κ3) is 12.7. The van der Waals surface area contributed by atoms with Gasteiger partial charge in [0, 0.05) is 6.20 Å². The minimum absolute atomic E-state index is 0.411. The summed E-state index contributed by atoms with van der Waals surface area (Å²) in [6.45, 7) is 0. The number of aromatic nitrogens is 3. The third-order valence-corrected chi connectivity index (χ3v) is 1.28. The van der Waals surface area contributed by atoms with Gasteiger partial charge in [-0.1, -0.05) is 0 Å². The zero-order valence-corrected chi connectivity index (χ0v) is 12.2. The van der Waals surface area contributed by atoms with Crippen LogP contribution in [0.15, 0.2) is 18.3 Å². The monoisotopic (exact) mass is 326 g/mol. The molecule has 0 bridgehead atoms. The van der Waals surface area contributed by atoms with Crippen molar-refractivity contribution in [2.24, 2.45) is 0 Å². The normalized spacial score (nSPS) is 11.0. The van der Waals surface area contributed by atoms with E-state index >= 15 is 0 Å². The first kappa shape index (κ1) is 18.2. The van der Waals surface area contributed by atoms with E-state index in [9.17, 15) is 16.8 Å². The number of anilines is 1. The van der Waals surface area contributed by atoms with Gasteiger partial charge >= 0.3 is 0 Å². The molecule has 2 aromatic rings. The van der Waals surface area contributed by atoms with Crippen molar-refractivity contribution in [1.29, 1.82) is 0 Å². The Morgan fingerprint density at radius 3 is 2.00 bits per heavy atom. The van der Waals surface area contributed by atoms with Crippen molar-refractivity contribution in [2.75, 3.05) is 18.2 Å². The highest BCUT2D eigenvalue weighted by molar-refractivity contribution is 7.85. The van der Waals surface area contributed by atoms with Crippen LogP contribution in [-0.2, 0) is 20.2 Å². The number of nitrogen functional groups attached to an aromatic ring is 1. The number of hydrogen-bond donors (Lipinski definition) is 4. The van der Waals surface area contributed by atoms with Crippen molar-refractivity contribution in [3.63, 3.8) is 0 Å². The molecule has 0 saturated heterocycles. The highest BCUT2D eigenvalue weighted by Crippen LogP contribution is 2.06. The Kier molecular flexibility index (Phi) is 6.51. The summed E-state index contributed by atoms with van der Waals surface area (Å²) in [7, 11) is -7.33. The quantitative estimate of drug-likeness (QED) is 0.467. The summed E-state index contributed by atoms with van der Waals surface area (Å²) in [5.74, 6) is 0.411. The molecule has 0 aliphatic heterocycles. The Bertz CT molecular complexity index is 673. The standard InChI is InChI=1S/C6H6N4.2CH4O3S/c7-6-9-4-2-1-3-8-5(4)10-6;2*1-5(2,3)4/h1-3H,(H3,7,8,9,10);2*1H3,(H,2,3,4). The van der Waals surface area contributed by atoms with Gasteiger partial charge in [-0.25, -0.2) is 4.98 Å². The van der Waals surface area contributed by atoms with E-state index < -0.39 is 20.2 Å². The molecule has 2 aromatic heterocycles. The van der Waals surface area contributed by atoms with Gasteiger partial charge in [0.1, 0.15) is 0 Å². The predicted molar refractivity (Wildman–Crippen MR) is 73.2 cm³/mol. The lowest BCUT2D eigenvalue weighted by Gasteiger charge is -1.80. The van der Waals surface area contributed by atoms with E-state index in [2.05, 4.69) is 15.0 Å². The van der Waals surface area contributed by atoms with Crippen molar-refractivity contribution >= 4 is 37.3 Å². The maximum atomic E-state index is 9.19. The van der Waals surface area contributed by atoms with E-state index in [1.807, 2.05) is 12.1 Å². The molecular formula is C8H14N4O6S2. The summed E-state index contributed by atoms with van der Waals surface area (Å²) >= 11 is 0. The minimum Gasteiger partial charge on any atom is -0.369 e. The van der Waals surface area contributed by atoms with E-state index in [0.717, 1.165) is 5.52 Å². The molecule has 2 rings (SSSR count). The number of rotatable bonds is 0. The average Bonchev–Trinajstić information content (AvgIpc) is 2.51. The van der Waals surface area contributed by atoms with Crippen LogP contribution in [0.3, 0.4) is 0 Å². The molecule has 5 N–H and O–H groups in total. The average molecular weight is 326 g/mol. The smallest absolute Gasteiger partial charge is 0.261 e. The van der Waals surface area contributed by atoms with Crippen molar-refractivity contribution < 1.29 is 25.9 Å². The van der Waals surface area contributed by atoms with Gasteiger partial charge in [-0.3, -0.25) is 9.11 Å². The van der Waals surface area contributed by atoms with Gasteiger partial charge in [-0.15, -0.1) is 0 Å². The Labute approximate surface area is 115 Å². The number of aromatic amines is 1. The second-order valence-corrected chi connectivity index (χ2v) is 6.39. The Morgan fingerprint density at radius 2 is 1.60 bits per heavy atom. The molecular weight excluding hydrogens is 312 g/mol. The Morgan fingerprint density at radius 1 is 1.15 bits per heavy atom. The molecule has 0 unspecified atom stereocenters. The van der Waals surface area contributed by atoms with Crippen LogP contribution >= 0.6 is 0 Å². The molecule has 0 fully saturated rings. The number of imidazole rings is 1. The van der Waals surface area contributed by atoms with Gasteiger partial charge in [0.25, 0.3) is 20.2 Å². The third-order valence-electron chi connectivity index (χ3n) is 1.28. The molecule has 0 aromatic carbocycles. The largest absolute Gasteiger partial charge is 0.369 e.